The maximum absolute atomic E-state index is 12.7. The molecule has 1 heterocycles. The number of carbonyl (C=O) groups excluding carboxylic acids is 3. The molecule has 0 aliphatic carbocycles. The summed E-state index contributed by atoms with van der Waals surface area (Å²) in [6, 6.07) is 21.1. The number of benzene rings is 2. The molecule has 1 unspecified atom stereocenters. The zero-order chi connectivity index (χ0) is 26.5. The molecule has 0 saturated heterocycles. The fourth-order valence-corrected chi connectivity index (χ4v) is 3.49. The van der Waals surface area contributed by atoms with Crippen LogP contribution in [0.2, 0.25) is 0 Å². The minimum atomic E-state index is -0.568. The van der Waals surface area contributed by atoms with E-state index in [2.05, 4.69) is 32.8 Å². The molecule has 192 valence electrons. The van der Waals surface area contributed by atoms with E-state index in [-0.39, 0.29) is 19.6 Å². The standard InChI is InChI=1S/C28H31N5O4/c1-3-37-27(35)17-25(21-10-5-4-6-11-21)33-26(34)19-31-28(36)22-12-9-14-23(16-22)32-20(2)30-18-24-13-7-8-15-29-24/h4-16,25,30,32H,2-3,17-19H2,1H3,(H,31,36)(H,33,34). The highest BCUT2D eigenvalue weighted by Gasteiger charge is 2.19. The molecule has 4 N–H and O–H groups in total. The molecule has 0 saturated carbocycles. The Morgan fingerprint density at radius 3 is 2.49 bits per heavy atom. The van der Waals surface area contributed by atoms with E-state index in [1.165, 1.54) is 0 Å². The Kier molecular flexibility index (Phi) is 10.2. The molecule has 9 nitrogen and oxygen atoms in total. The minimum Gasteiger partial charge on any atom is -0.466 e. The summed E-state index contributed by atoms with van der Waals surface area (Å²) >= 11 is 0. The maximum atomic E-state index is 12.7. The summed E-state index contributed by atoms with van der Waals surface area (Å²) in [5.74, 6) is -0.697. The molecular formula is C28H31N5O4. The first-order valence-electron chi connectivity index (χ1n) is 11.9. The van der Waals surface area contributed by atoms with Crippen molar-refractivity contribution in [2.24, 2.45) is 0 Å². The molecule has 3 rings (SSSR count). The van der Waals surface area contributed by atoms with Gasteiger partial charge in [-0.3, -0.25) is 19.4 Å². The second kappa shape index (κ2) is 14.0. The third kappa shape index (κ3) is 9.14. The zero-order valence-electron chi connectivity index (χ0n) is 20.7. The average Bonchev–Trinajstić information content (AvgIpc) is 2.91. The molecular weight excluding hydrogens is 470 g/mol. The summed E-state index contributed by atoms with van der Waals surface area (Å²) in [4.78, 5) is 41.5. The molecule has 37 heavy (non-hydrogen) atoms. The molecule has 2 aromatic carbocycles. The molecule has 0 spiro atoms. The molecule has 0 bridgehead atoms. The van der Waals surface area contributed by atoms with Crippen molar-refractivity contribution < 1.29 is 19.1 Å². The third-order valence-electron chi connectivity index (χ3n) is 5.25. The predicted octanol–water partition coefficient (Wildman–Crippen LogP) is 3.30. The number of esters is 1. The van der Waals surface area contributed by atoms with Gasteiger partial charge in [0.25, 0.3) is 5.91 Å². The van der Waals surface area contributed by atoms with Crippen LogP contribution in [0, 0.1) is 0 Å². The van der Waals surface area contributed by atoms with Crippen molar-refractivity contribution in [3.63, 3.8) is 0 Å². The molecule has 2 amide bonds. The van der Waals surface area contributed by atoms with Crippen LogP contribution in [0.3, 0.4) is 0 Å². The largest absolute Gasteiger partial charge is 0.466 e. The number of amides is 2. The number of ether oxygens (including phenoxy) is 1. The summed E-state index contributed by atoms with van der Waals surface area (Å²) < 4.78 is 5.03. The topological polar surface area (TPSA) is 121 Å². The van der Waals surface area contributed by atoms with Gasteiger partial charge in [-0.15, -0.1) is 0 Å². The van der Waals surface area contributed by atoms with Crippen molar-refractivity contribution in [2.45, 2.75) is 25.9 Å². The van der Waals surface area contributed by atoms with E-state index < -0.39 is 23.8 Å². The fraction of sp³-hybridized carbons (Fsp3) is 0.214. The summed E-state index contributed by atoms with van der Waals surface area (Å²) in [5.41, 5.74) is 2.68. The third-order valence-corrected chi connectivity index (χ3v) is 5.25. The predicted molar refractivity (Wildman–Crippen MR) is 141 cm³/mol. The van der Waals surface area contributed by atoms with Crippen LogP contribution in [0.15, 0.2) is 91.4 Å². The van der Waals surface area contributed by atoms with Crippen molar-refractivity contribution in [1.82, 2.24) is 20.9 Å². The Morgan fingerprint density at radius 2 is 1.76 bits per heavy atom. The van der Waals surface area contributed by atoms with E-state index in [9.17, 15) is 14.4 Å². The van der Waals surface area contributed by atoms with Gasteiger partial charge in [0.2, 0.25) is 5.91 Å². The Hall–Kier alpha value is -4.66. The van der Waals surface area contributed by atoms with Crippen molar-refractivity contribution in [1.29, 1.82) is 0 Å². The van der Waals surface area contributed by atoms with E-state index in [4.69, 9.17) is 4.74 Å². The zero-order valence-corrected chi connectivity index (χ0v) is 20.7. The van der Waals surface area contributed by atoms with Gasteiger partial charge in [0.15, 0.2) is 0 Å². The highest BCUT2D eigenvalue weighted by Crippen LogP contribution is 2.17. The Balaban J connectivity index is 1.52. The molecule has 0 aliphatic rings. The van der Waals surface area contributed by atoms with Crippen LogP contribution in [-0.2, 0) is 20.9 Å². The second-order valence-electron chi connectivity index (χ2n) is 8.08. The summed E-state index contributed by atoms with van der Waals surface area (Å²) in [7, 11) is 0. The van der Waals surface area contributed by atoms with Crippen molar-refractivity contribution in [2.75, 3.05) is 18.5 Å². The maximum Gasteiger partial charge on any atom is 0.308 e. The number of nitrogens with zero attached hydrogens (tertiary/aromatic N) is 1. The lowest BCUT2D eigenvalue weighted by Gasteiger charge is -2.19. The molecule has 0 aliphatic heterocycles. The van der Waals surface area contributed by atoms with Crippen LogP contribution < -0.4 is 21.3 Å². The minimum absolute atomic E-state index is 0.0104. The SMILES string of the molecule is C=C(NCc1ccccn1)Nc1cccc(C(=O)NCC(=O)NC(CC(=O)OCC)c2ccccc2)c1. The molecule has 3 aromatic rings. The highest BCUT2D eigenvalue weighted by atomic mass is 16.5. The quantitative estimate of drug-likeness (QED) is 0.265. The van der Waals surface area contributed by atoms with E-state index in [1.807, 2.05) is 48.5 Å². The van der Waals surface area contributed by atoms with Gasteiger partial charge in [0, 0.05) is 17.4 Å². The monoisotopic (exact) mass is 501 g/mol. The summed E-state index contributed by atoms with van der Waals surface area (Å²) in [6.07, 6.45) is 1.71. The lowest BCUT2D eigenvalue weighted by atomic mass is 10.0. The molecule has 0 radical (unpaired) electrons. The number of hydrogen-bond donors (Lipinski definition) is 4. The first-order valence-corrected chi connectivity index (χ1v) is 11.9. The van der Waals surface area contributed by atoms with Crippen LogP contribution in [0.25, 0.3) is 0 Å². The van der Waals surface area contributed by atoms with Gasteiger partial charge in [0.1, 0.15) is 0 Å². The number of pyridine rings is 1. The molecule has 1 atom stereocenters. The number of hydrogen-bond acceptors (Lipinski definition) is 7. The van der Waals surface area contributed by atoms with Gasteiger partial charge in [-0.05, 0) is 42.8 Å². The first-order chi connectivity index (χ1) is 17.9. The van der Waals surface area contributed by atoms with E-state index in [0.717, 1.165) is 11.3 Å². The lowest BCUT2D eigenvalue weighted by Crippen LogP contribution is -2.39. The number of carbonyl (C=O) groups is 3. The normalized spacial score (nSPS) is 11.1. The van der Waals surface area contributed by atoms with Crippen molar-refractivity contribution in [3.8, 4) is 0 Å². The Labute approximate surface area is 216 Å². The lowest BCUT2D eigenvalue weighted by molar-refractivity contribution is -0.143. The fourth-order valence-electron chi connectivity index (χ4n) is 3.49. The highest BCUT2D eigenvalue weighted by molar-refractivity contribution is 5.97. The van der Waals surface area contributed by atoms with Crippen LogP contribution in [0.4, 0.5) is 5.69 Å². The summed E-state index contributed by atoms with van der Waals surface area (Å²) in [5, 5.41) is 11.7. The Bertz CT molecular complexity index is 1200. The van der Waals surface area contributed by atoms with Crippen LogP contribution >= 0.6 is 0 Å². The van der Waals surface area contributed by atoms with Crippen LogP contribution in [-0.4, -0.2) is 35.9 Å². The van der Waals surface area contributed by atoms with Crippen molar-refractivity contribution >= 4 is 23.5 Å². The summed E-state index contributed by atoms with van der Waals surface area (Å²) in [6.45, 7) is 6.18. The van der Waals surface area contributed by atoms with Crippen molar-refractivity contribution in [3.05, 3.63) is 108 Å². The average molecular weight is 502 g/mol. The number of aromatic nitrogens is 1. The van der Waals surface area contributed by atoms with Gasteiger partial charge < -0.3 is 26.0 Å². The van der Waals surface area contributed by atoms with E-state index in [1.54, 1.807) is 37.4 Å². The Morgan fingerprint density at radius 1 is 0.973 bits per heavy atom. The molecule has 9 heteroatoms. The smallest absolute Gasteiger partial charge is 0.308 e. The number of nitrogens with one attached hydrogen (secondary N) is 4. The van der Waals surface area contributed by atoms with Gasteiger partial charge >= 0.3 is 5.97 Å². The number of rotatable bonds is 13. The molecule has 1 aromatic heterocycles. The number of anilines is 1. The molecule has 0 fully saturated rings. The first kappa shape index (κ1) is 26.9. The van der Waals surface area contributed by atoms with Gasteiger partial charge in [-0.2, -0.15) is 0 Å². The van der Waals surface area contributed by atoms with E-state index in [0.29, 0.717) is 23.6 Å². The van der Waals surface area contributed by atoms with Gasteiger partial charge in [0.05, 0.1) is 43.7 Å². The van der Waals surface area contributed by atoms with Gasteiger partial charge in [-0.25, -0.2) is 0 Å². The van der Waals surface area contributed by atoms with E-state index >= 15 is 0 Å². The van der Waals surface area contributed by atoms with Crippen LogP contribution in [0.1, 0.15) is 41.0 Å². The van der Waals surface area contributed by atoms with Gasteiger partial charge in [-0.1, -0.05) is 49.0 Å². The second-order valence-corrected chi connectivity index (χ2v) is 8.08. The van der Waals surface area contributed by atoms with Crippen LogP contribution in [0.5, 0.6) is 0 Å².